The van der Waals surface area contributed by atoms with Crippen molar-refractivity contribution in [3.8, 4) is 11.8 Å². The molecule has 3 aromatic heterocycles. The summed E-state index contributed by atoms with van der Waals surface area (Å²) in [5, 5.41) is 4.03. The average molecular weight is 422 g/mol. The largest absolute Gasteiger partial charge is 0.481 e. The first-order valence-electron chi connectivity index (χ1n) is 9.77. The van der Waals surface area contributed by atoms with Gasteiger partial charge in [0.25, 0.3) is 0 Å². The Hall–Kier alpha value is -3.59. The van der Waals surface area contributed by atoms with Gasteiger partial charge in [0, 0.05) is 24.2 Å². The molecule has 0 amide bonds. The van der Waals surface area contributed by atoms with Gasteiger partial charge in [0.05, 0.1) is 23.8 Å². The van der Waals surface area contributed by atoms with Crippen LogP contribution in [0.25, 0.3) is 21.8 Å². The fraction of sp³-hybridized carbons (Fsp3) is 0.273. The summed E-state index contributed by atoms with van der Waals surface area (Å²) in [6.07, 6.45) is 2.87. The van der Waals surface area contributed by atoms with Gasteiger partial charge in [0.2, 0.25) is 11.8 Å². The standard InChI is InChI=1S/C22H23FN6O2/c1-13(11-29(2)3)31-22-19-17(10-18(28-22)30-4)25-12-26-21(19)27-16-8-7-15-14(20(16)23)6-5-9-24-15/h5-10,12-13H,11H2,1-4H3,(H,25,26,27)/t13-/m1/s1. The van der Waals surface area contributed by atoms with Gasteiger partial charge in [-0.1, -0.05) is 0 Å². The third kappa shape index (κ3) is 4.31. The first-order chi connectivity index (χ1) is 15.0. The molecule has 1 N–H and O–H groups in total. The lowest BCUT2D eigenvalue weighted by Gasteiger charge is -2.20. The van der Waals surface area contributed by atoms with E-state index in [2.05, 4.69) is 25.3 Å². The molecule has 160 valence electrons. The van der Waals surface area contributed by atoms with Gasteiger partial charge in [-0.2, -0.15) is 4.98 Å². The molecule has 0 aliphatic heterocycles. The van der Waals surface area contributed by atoms with Gasteiger partial charge in [-0.05, 0) is 45.3 Å². The highest BCUT2D eigenvalue weighted by molar-refractivity contribution is 5.96. The van der Waals surface area contributed by atoms with Crippen LogP contribution in [-0.4, -0.2) is 58.7 Å². The summed E-state index contributed by atoms with van der Waals surface area (Å²) >= 11 is 0. The van der Waals surface area contributed by atoms with E-state index < -0.39 is 5.82 Å². The minimum Gasteiger partial charge on any atom is -0.481 e. The number of hydrogen-bond acceptors (Lipinski definition) is 8. The summed E-state index contributed by atoms with van der Waals surface area (Å²) in [6.45, 7) is 2.63. The van der Waals surface area contributed by atoms with Crippen LogP contribution in [0.15, 0.2) is 42.9 Å². The summed E-state index contributed by atoms with van der Waals surface area (Å²) in [6, 6.07) is 8.45. The van der Waals surface area contributed by atoms with E-state index in [9.17, 15) is 0 Å². The number of nitrogens with zero attached hydrogens (tertiary/aromatic N) is 5. The molecule has 0 bridgehead atoms. The maximum absolute atomic E-state index is 15.1. The highest BCUT2D eigenvalue weighted by atomic mass is 19.1. The Labute approximate surface area is 179 Å². The molecule has 0 unspecified atom stereocenters. The molecule has 1 aromatic carbocycles. The second kappa shape index (κ2) is 8.65. The minimum absolute atomic E-state index is 0.158. The van der Waals surface area contributed by atoms with Gasteiger partial charge in [-0.25, -0.2) is 14.4 Å². The van der Waals surface area contributed by atoms with E-state index in [0.29, 0.717) is 45.9 Å². The number of nitrogens with one attached hydrogen (secondary N) is 1. The number of ether oxygens (including phenoxy) is 2. The molecule has 0 aliphatic carbocycles. The van der Waals surface area contributed by atoms with E-state index in [1.165, 1.54) is 13.4 Å². The van der Waals surface area contributed by atoms with Gasteiger partial charge >= 0.3 is 0 Å². The Morgan fingerprint density at radius 2 is 1.97 bits per heavy atom. The summed E-state index contributed by atoms with van der Waals surface area (Å²) in [7, 11) is 5.45. The first-order valence-corrected chi connectivity index (χ1v) is 9.77. The topological polar surface area (TPSA) is 85.3 Å². The van der Waals surface area contributed by atoms with E-state index in [0.717, 1.165) is 0 Å². The summed E-state index contributed by atoms with van der Waals surface area (Å²) in [4.78, 5) is 19.3. The Bertz CT molecular complexity index is 1230. The van der Waals surface area contributed by atoms with E-state index in [-0.39, 0.29) is 11.8 Å². The number of likely N-dealkylation sites (N-methyl/N-ethyl adjacent to an activating group) is 1. The Morgan fingerprint density at radius 3 is 2.74 bits per heavy atom. The van der Waals surface area contributed by atoms with E-state index >= 15 is 4.39 Å². The van der Waals surface area contributed by atoms with Crippen LogP contribution in [0.2, 0.25) is 0 Å². The predicted octanol–water partition coefficient (Wildman–Crippen LogP) is 3.79. The number of anilines is 2. The van der Waals surface area contributed by atoms with Crippen LogP contribution in [0.5, 0.6) is 11.8 Å². The average Bonchev–Trinajstić information content (AvgIpc) is 2.75. The number of aromatic nitrogens is 4. The molecule has 9 heteroatoms. The lowest BCUT2D eigenvalue weighted by Crippen LogP contribution is -2.28. The first kappa shape index (κ1) is 20.7. The summed E-state index contributed by atoms with van der Waals surface area (Å²) < 4.78 is 26.5. The predicted molar refractivity (Wildman–Crippen MR) is 118 cm³/mol. The van der Waals surface area contributed by atoms with E-state index in [1.807, 2.05) is 25.9 Å². The van der Waals surface area contributed by atoms with E-state index in [4.69, 9.17) is 9.47 Å². The number of hydrogen-bond donors (Lipinski definition) is 1. The van der Waals surface area contributed by atoms with Gasteiger partial charge < -0.3 is 19.7 Å². The van der Waals surface area contributed by atoms with Crippen molar-refractivity contribution in [2.75, 3.05) is 33.1 Å². The Balaban J connectivity index is 1.80. The number of rotatable bonds is 7. The van der Waals surface area contributed by atoms with Gasteiger partial charge in [0.15, 0.2) is 5.82 Å². The van der Waals surface area contributed by atoms with Crippen molar-refractivity contribution in [1.82, 2.24) is 24.8 Å². The molecule has 8 nitrogen and oxygen atoms in total. The number of halogens is 1. The van der Waals surface area contributed by atoms with Crippen molar-refractivity contribution >= 4 is 33.3 Å². The third-order valence-electron chi connectivity index (χ3n) is 4.68. The zero-order valence-electron chi connectivity index (χ0n) is 17.8. The molecule has 0 saturated heterocycles. The van der Waals surface area contributed by atoms with Gasteiger partial charge in [-0.3, -0.25) is 4.98 Å². The molecular weight excluding hydrogens is 399 g/mol. The van der Waals surface area contributed by atoms with Crippen LogP contribution in [0, 0.1) is 5.82 Å². The number of methoxy groups -OCH3 is 1. The lowest BCUT2D eigenvalue weighted by molar-refractivity contribution is 0.171. The number of fused-ring (bicyclic) bond motifs is 2. The smallest absolute Gasteiger partial charge is 0.230 e. The van der Waals surface area contributed by atoms with Crippen molar-refractivity contribution < 1.29 is 13.9 Å². The van der Waals surface area contributed by atoms with Crippen molar-refractivity contribution in [2.24, 2.45) is 0 Å². The number of benzene rings is 1. The maximum atomic E-state index is 15.1. The molecule has 0 saturated carbocycles. The minimum atomic E-state index is -0.415. The van der Waals surface area contributed by atoms with Crippen LogP contribution in [-0.2, 0) is 0 Å². The number of pyridine rings is 2. The van der Waals surface area contributed by atoms with Crippen LogP contribution >= 0.6 is 0 Å². The molecular formula is C22H23FN6O2. The monoisotopic (exact) mass is 422 g/mol. The lowest BCUT2D eigenvalue weighted by atomic mass is 10.2. The molecule has 0 radical (unpaired) electrons. The zero-order valence-corrected chi connectivity index (χ0v) is 17.8. The van der Waals surface area contributed by atoms with Crippen LogP contribution in [0.4, 0.5) is 15.9 Å². The van der Waals surface area contributed by atoms with Crippen molar-refractivity contribution in [3.05, 3.63) is 48.7 Å². The normalized spacial score (nSPS) is 12.3. The molecule has 0 aliphatic rings. The molecule has 0 fully saturated rings. The fourth-order valence-corrected chi connectivity index (χ4v) is 3.39. The van der Waals surface area contributed by atoms with Crippen LogP contribution in [0.3, 0.4) is 0 Å². The molecule has 1 atom stereocenters. The molecule has 4 aromatic rings. The second-order valence-corrected chi connectivity index (χ2v) is 7.40. The highest BCUT2D eigenvalue weighted by Gasteiger charge is 2.18. The van der Waals surface area contributed by atoms with Crippen LogP contribution in [0.1, 0.15) is 6.92 Å². The molecule has 4 rings (SSSR count). The molecule has 0 spiro atoms. The fourth-order valence-electron chi connectivity index (χ4n) is 3.39. The summed E-state index contributed by atoms with van der Waals surface area (Å²) in [5.41, 5.74) is 1.41. The van der Waals surface area contributed by atoms with Crippen molar-refractivity contribution in [2.45, 2.75) is 13.0 Å². The molecule has 3 heterocycles. The second-order valence-electron chi connectivity index (χ2n) is 7.40. The maximum Gasteiger partial charge on any atom is 0.230 e. The quantitative estimate of drug-likeness (QED) is 0.482. The zero-order chi connectivity index (χ0) is 22.0. The SMILES string of the molecule is COc1cc2ncnc(Nc3ccc4ncccc4c3F)c2c(O[C@H](C)CN(C)C)n1. The third-order valence-corrected chi connectivity index (χ3v) is 4.68. The van der Waals surface area contributed by atoms with E-state index in [1.54, 1.807) is 36.5 Å². The highest BCUT2D eigenvalue weighted by Crippen LogP contribution is 2.34. The van der Waals surface area contributed by atoms with Crippen molar-refractivity contribution in [1.29, 1.82) is 0 Å². The van der Waals surface area contributed by atoms with Gasteiger partial charge in [-0.15, -0.1) is 0 Å². The van der Waals surface area contributed by atoms with Crippen LogP contribution < -0.4 is 14.8 Å². The van der Waals surface area contributed by atoms with Crippen molar-refractivity contribution in [3.63, 3.8) is 0 Å². The Morgan fingerprint density at radius 1 is 1.13 bits per heavy atom. The molecule has 31 heavy (non-hydrogen) atoms. The Kier molecular flexibility index (Phi) is 5.77. The van der Waals surface area contributed by atoms with Gasteiger partial charge in [0.1, 0.15) is 23.6 Å². The summed E-state index contributed by atoms with van der Waals surface area (Å²) in [5.74, 6) is 0.651.